The maximum atomic E-state index is 10.5. The summed E-state index contributed by atoms with van der Waals surface area (Å²) >= 11 is 0. The average Bonchev–Trinajstić information content (AvgIpc) is 2.16. The Bertz CT molecular complexity index is 455. The van der Waals surface area contributed by atoms with Crippen LogP contribution < -0.4 is 5.73 Å². The summed E-state index contributed by atoms with van der Waals surface area (Å²) in [5, 5.41) is 10.5. The van der Waals surface area contributed by atoms with Crippen LogP contribution in [0.2, 0.25) is 0 Å². The zero-order chi connectivity index (χ0) is 12.1. The number of hydrogen-bond donors (Lipinski definition) is 1. The summed E-state index contributed by atoms with van der Waals surface area (Å²) in [6.45, 7) is 1.56. The van der Waals surface area contributed by atoms with Crippen LogP contribution in [-0.2, 0) is 4.79 Å². The lowest BCUT2D eigenvalue weighted by Gasteiger charge is -1.97. The predicted molar refractivity (Wildman–Crippen MR) is 58.5 cm³/mol. The zero-order valence-electron chi connectivity index (χ0n) is 8.71. The van der Waals surface area contributed by atoms with E-state index in [1.165, 1.54) is 12.1 Å². The average molecular weight is 221 g/mol. The van der Waals surface area contributed by atoms with Gasteiger partial charge in [0.15, 0.2) is 0 Å². The first-order valence-corrected chi connectivity index (χ1v) is 4.57. The standard InChI is InChI=1S/C10H11N3O3/c1-7-9(13(15)16)6-5-8(12-7)3-2-4-10(11)14/h2-3,5-6H,4H2,1H3,(H2,11,14). The van der Waals surface area contributed by atoms with Gasteiger partial charge < -0.3 is 5.73 Å². The highest BCUT2D eigenvalue weighted by molar-refractivity contribution is 5.76. The summed E-state index contributed by atoms with van der Waals surface area (Å²) in [4.78, 5) is 24.5. The maximum Gasteiger partial charge on any atom is 0.290 e. The van der Waals surface area contributed by atoms with Crippen molar-refractivity contribution in [1.29, 1.82) is 0 Å². The fraction of sp³-hybridized carbons (Fsp3) is 0.200. The number of amides is 1. The van der Waals surface area contributed by atoms with Gasteiger partial charge in [-0.25, -0.2) is 4.98 Å². The lowest BCUT2D eigenvalue weighted by Crippen LogP contribution is -2.07. The van der Waals surface area contributed by atoms with Crippen LogP contribution in [0.25, 0.3) is 6.08 Å². The van der Waals surface area contributed by atoms with Crippen LogP contribution in [0.5, 0.6) is 0 Å². The number of carbonyl (C=O) groups is 1. The molecule has 1 aromatic rings. The van der Waals surface area contributed by atoms with E-state index >= 15 is 0 Å². The SMILES string of the molecule is Cc1nc(C=CCC(N)=O)ccc1[N+](=O)[O-]. The second-order valence-electron chi connectivity index (χ2n) is 3.17. The molecule has 0 aromatic carbocycles. The Balaban J connectivity index is 2.85. The molecular formula is C10H11N3O3. The highest BCUT2D eigenvalue weighted by Crippen LogP contribution is 2.15. The normalized spacial score (nSPS) is 10.6. The van der Waals surface area contributed by atoms with Crippen LogP contribution in [-0.4, -0.2) is 15.8 Å². The number of nitro groups is 1. The molecule has 1 amide bonds. The van der Waals surface area contributed by atoms with Crippen LogP contribution in [0, 0.1) is 17.0 Å². The third-order valence-corrected chi connectivity index (χ3v) is 1.88. The van der Waals surface area contributed by atoms with E-state index in [2.05, 4.69) is 4.98 Å². The number of pyridine rings is 1. The van der Waals surface area contributed by atoms with E-state index in [0.717, 1.165) is 0 Å². The minimum atomic E-state index is -0.487. The third-order valence-electron chi connectivity index (χ3n) is 1.88. The second kappa shape index (κ2) is 5.01. The Morgan fingerprint density at radius 2 is 2.31 bits per heavy atom. The van der Waals surface area contributed by atoms with Crippen molar-refractivity contribution in [3.05, 3.63) is 39.7 Å². The van der Waals surface area contributed by atoms with Crippen molar-refractivity contribution >= 4 is 17.7 Å². The van der Waals surface area contributed by atoms with Gasteiger partial charge in [-0.05, 0) is 19.1 Å². The quantitative estimate of drug-likeness (QED) is 0.609. The van der Waals surface area contributed by atoms with E-state index in [1.54, 1.807) is 19.1 Å². The molecule has 0 saturated carbocycles. The minimum Gasteiger partial charge on any atom is -0.369 e. The molecule has 1 rings (SSSR count). The monoisotopic (exact) mass is 221 g/mol. The van der Waals surface area contributed by atoms with Gasteiger partial charge in [-0.15, -0.1) is 0 Å². The molecule has 0 radical (unpaired) electrons. The first-order valence-electron chi connectivity index (χ1n) is 4.57. The molecular weight excluding hydrogens is 210 g/mol. The minimum absolute atomic E-state index is 0.0212. The van der Waals surface area contributed by atoms with E-state index in [4.69, 9.17) is 5.73 Å². The van der Waals surface area contributed by atoms with Gasteiger partial charge in [0, 0.05) is 12.5 Å². The topological polar surface area (TPSA) is 99.1 Å². The van der Waals surface area contributed by atoms with Crippen molar-refractivity contribution in [3.8, 4) is 0 Å². The van der Waals surface area contributed by atoms with Gasteiger partial charge in [0.1, 0.15) is 5.69 Å². The van der Waals surface area contributed by atoms with Crippen LogP contribution in [0.1, 0.15) is 17.8 Å². The number of rotatable bonds is 4. The Hall–Kier alpha value is -2.24. The van der Waals surface area contributed by atoms with Crippen molar-refractivity contribution in [2.45, 2.75) is 13.3 Å². The van der Waals surface area contributed by atoms with Crippen LogP contribution in [0.3, 0.4) is 0 Å². The summed E-state index contributed by atoms with van der Waals surface area (Å²) in [6, 6.07) is 2.90. The second-order valence-corrected chi connectivity index (χ2v) is 3.17. The number of nitrogens with zero attached hydrogens (tertiary/aromatic N) is 2. The van der Waals surface area contributed by atoms with Gasteiger partial charge >= 0.3 is 0 Å². The number of hydrogen-bond acceptors (Lipinski definition) is 4. The molecule has 0 bridgehead atoms. The maximum absolute atomic E-state index is 10.5. The van der Waals surface area contributed by atoms with Crippen molar-refractivity contribution in [2.75, 3.05) is 0 Å². The zero-order valence-corrected chi connectivity index (χ0v) is 8.71. The lowest BCUT2D eigenvalue weighted by molar-refractivity contribution is -0.385. The van der Waals surface area contributed by atoms with Gasteiger partial charge in [0.25, 0.3) is 5.69 Å². The summed E-state index contributed by atoms with van der Waals surface area (Å²) in [7, 11) is 0. The Morgan fingerprint density at radius 3 is 2.81 bits per heavy atom. The summed E-state index contributed by atoms with van der Waals surface area (Å²) in [5.74, 6) is -0.435. The Morgan fingerprint density at radius 1 is 1.62 bits per heavy atom. The molecule has 0 aliphatic rings. The predicted octanol–water partition coefficient (Wildman–Crippen LogP) is 1.19. The number of carbonyl (C=O) groups excluding carboxylic acids is 1. The summed E-state index contributed by atoms with van der Waals surface area (Å²) in [5.41, 5.74) is 5.83. The molecule has 1 heterocycles. The number of aromatic nitrogens is 1. The smallest absolute Gasteiger partial charge is 0.290 e. The molecule has 0 atom stereocenters. The molecule has 0 aliphatic carbocycles. The van der Waals surface area contributed by atoms with E-state index in [-0.39, 0.29) is 12.1 Å². The van der Waals surface area contributed by atoms with E-state index < -0.39 is 10.8 Å². The van der Waals surface area contributed by atoms with E-state index in [0.29, 0.717) is 11.4 Å². The highest BCUT2D eigenvalue weighted by atomic mass is 16.6. The van der Waals surface area contributed by atoms with Crippen molar-refractivity contribution in [1.82, 2.24) is 4.98 Å². The van der Waals surface area contributed by atoms with E-state index in [1.807, 2.05) is 0 Å². The Labute approximate surface area is 91.9 Å². The number of aryl methyl sites for hydroxylation is 1. The number of primary amides is 1. The largest absolute Gasteiger partial charge is 0.369 e. The van der Waals surface area contributed by atoms with Crippen molar-refractivity contribution in [2.24, 2.45) is 5.73 Å². The van der Waals surface area contributed by atoms with Gasteiger partial charge in [-0.1, -0.05) is 6.08 Å². The Kier molecular flexibility index (Phi) is 3.71. The van der Waals surface area contributed by atoms with Crippen molar-refractivity contribution in [3.63, 3.8) is 0 Å². The fourth-order valence-corrected chi connectivity index (χ4v) is 1.15. The molecule has 0 unspecified atom stereocenters. The molecule has 0 saturated heterocycles. The molecule has 1 aromatic heterocycles. The fourth-order valence-electron chi connectivity index (χ4n) is 1.15. The highest BCUT2D eigenvalue weighted by Gasteiger charge is 2.10. The van der Waals surface area contributed by atoms with E-state index in [9.17, 15) is 14.9 Å². The van der Waals surface area contributed by atoms with Gasteiger partial charge in [-0.2, -0.15) is 0 Å². The molecule has 6 nitrogen and oxygen atoms in total. The molecule has 6 heteroatoms. The van der Waals surface area contributed by atoms with Crippen LogP contribution >= 0.6 is 0 Å². The van der Waals surface area contributed by atoms with Crippen LogP contribution in [0.15, 0.2) is 18.2 Å². The lowest BCUT2D eigenvalue weighted by atomic mass is 10.2. The third kappa shape index (κ3) is 3.16. The summed E-state index contributed by atoms with van der Waals surface area (Å²) in [6.07, 6.45) is 3.29. The van der Waals surface area contributed by atoms with Crippen LogP contribution in [0.4, 0.5) is 5.69 Å². The molecule has 2 N–H and O–H groups in total. The molecule has 0 spiro atoms. The van der Waals surface area contributed by atoms with Crippen molar-refractivity contribution < 1.29 is 9.72 Å². The first kappa shape index (κ1) is 11.8. The first-order chi connectivity index (χ1) is 7.50. The van der Waals surface area contributed by atoms with Gasteiger partial charge in [0.05, 0.1) is 10.6 Å². The molecule has 84 valence electrons. The van der Waals surface area contributed by atoms with Gasteiger partial charge in [0.2, 0.25) is 5.91 Å². The van der Waals surface area contributed by atoms with Gasteiger partial charge in [-0.3, -0.25) is 14.9 Å². The molecule has 16 heavy (non-hydrogen) atoms. The molecule has 0 aliphatic heterocycles. The summed E-state index contributed by atoms with van der Waals surface area (Å²) < 4.78 is 0. The number of nitrogens with two attached hydrogens (primary N) is 1. The molecule has 0 fully saturated rings.